The van der Waals surface area contributed by atoms with E-state index in [9.17, 15) is 9.18 Å². The van der Waals surface area contributed by atoms with E-state index in [1.807, 2.05) is 0 Å². The first-order valence-corrected chi connectivity index (χ1v) is 9.26. The molecule has 4 rings (SSSR count). The van der Waals surface area contributed by atoms with Crippen LogP contribution >= 0.6 is 0 Å². The van der Waals surface area contributed by atoms with E-state index in [2.05, 4.69) is 22.6 Å². The minimum absolute atomic E-state index is 0.0302. The van der Waals surface area contributed by atoms with Crippen molar-refractivity contribution in [2.45, 2.75) is 69.1 Å². The Kier molecular flexibility index (Phi) is 4.53. The largest absolute Gasteiger partial charge is 0.368 e. The number of halogens is 1. The van der Waals surface area contributed by atoms with E-state index in [4.69, 9.17) is 9.57 Å². The zero-order chi connectivity index (χ0) is 16.7. The fourth-order valence-corrected chi connectivity index (χ4v) is 4.71. The third kappa shape index (κ3) is 3.31. The summed E-state index contributed by atoms with van der Waals surface area (Å²) in [4.78, 5) is 20.2. The average molecular weight is 341 g/mol. The van der Waals surface area contributed by atoms with E-state index >= 15 is 0 Å². The van der Waals surface area contributed by atoms with E-state index < -0.39 is 6.17 Å². The highest BCUT2D eigenvalue weighted by molar-refractivity contribution is 5.79. The van der Waals surface area contributed by atoms with E-state index in [0.29, 0.717) is 31.8 Å². The third-order valence-corrected chi connectivity index (χ3v) is 5.97. The van der Waals surface area contributed by atoms with Gasteiger partial charge in [-0.1, -0.05) is 0 Å². The Labute approximate surface area is 142 Å². The smallest absolute Gasteiger partial charge is 0.225 e. The van der Waals surface area contributed by atoms with Gasteiger partial charge >= 0.3 is 0 Å². The lowest BCUT2D eigenvalue weighted by Crippen LogP contribution is -2.47. The van der Waals surface area contributed by atoms with Gasteiger partial charge in [-0.05, 0) is 39.0 Å². The van der Waals surface area contributed by atoms with Crippen LogP contribution in [0.3, 0.4) is 0 Å². The number of ether oxygens (including phenoxy) is 1. The molecular weight excluding hydrogens is 313 g/mol. The van der Waals surface area contributed by atoms with Crippen LogP contribution in [0.1, 0.15) is 39.0 Å². The summed E-state index contributed by atoms with van der Waals surface area (Å²) in [5.74, 6) is -0.356. The normalized spacial score (nSPS) is 46.8. The number of nitrogens with one attached hydrogen (secondary N) is 2. The van der Waals surface area contributed by atoms with Crippen molar-refractivity contribution in [1.82, 2.24) is 15.7 Å². The molecule has 3 heterocycles. The van der Waals surface area contributed by atoms with Gasteiger partial charge < -0.3 is 10.1 Å². The molecule has 1 aliphatic carbocycles. The van der Waals surface area contributed by atoms with Crippen molar-refractivity contribution in [3.63, 3.8) is 0 Å². The van der Waals surface area contributed by atoms with Gasteiger partial charge in [-0.3, -0.25) is 14.5 Å². The SMILES string of the molecule is CC1CC(CN2CC[C@@]3(CNC(=O)C4CC(F)CCC4O3)C2)NO1. The Morgan fingerprint density at radius 2 is 2.25 bits per heavy atom. The molecule has 7 heteroatoms. The zero-order valence-corrected chi connectivity index (χ0v) is 14.3. The van der Waals surface area contributed by atoms with Crippen LogP contribution < -0.4 is 10.8 Å². The Balaban J connectivity index is 1.39. The van der Waals surface area contributed by atoms with Gasteiger partial charge in [-0.15, -0.1) is 0 Å². The number of amides is 1. The zero-order valence-electron chi connectivity index (χ0n) is 14.3. The summed E-state index contributed by atoms with van der Waals surface area (Å²) < 4.78 is 20.1. The number of nitrogens with zero attached hydrogens (tertiary/aromatic N) is 1. The molecule has 0 bridgehead atoms. The van der Waals surface area contributed by atoms with Gasteiger partial charge in [-0.25, -0.2) is 4.39 Å². The number of carbonyl (C=O) groups excluding carboxylic acids is 1. The summed E-state index contributed by atoms with van der Waals surface area (Å²) in [7, 11) is 0. The van der Waals surface area contributed by atoms with Crippen molar-refractivity contribution in [1.29, 1.82) is 0 Å². The topological polar surface area (TPSA) is 62.8 Å². The first kappa shape index (κ1) is 16.7. The lowest BCUT2D eigenvalue weighted by Gasteiger charge is -2.35. The van der Waals surface area contributed by atoms with Crippen LogP contribution in [0, 0.1) is 5.92 Å². The number of hydrogen-bond acceptors (Lipinski definition) is 5. The molecule has 4 aliphatic rings. The van der Waals surface area contributed by atoms with Gasteiger partial charge in [0.25, 0.3) is 0 Å². The Bertz CT molecular complexity index is 494. The van der Waals surface area contributed by atoms with Crippen molar-refractivity contribution in [3.8, 4) is 0 Å². The second-order valence-electron chi connectivity index (χ2n) is 8.04. The number of alkyl halides is 1. The van der Waals surface area contributed by atoms with Crippen LogP contribution in [0.25, 0.3) is 0 Å². The molecule has 0 aromatic rings. The summed E-state index contributed by atoms with van der Waals surface area (Å²) >= 11 is 0. The average Bonchev–Trinajstić information content (AvgIpc) is 3.10. The Morgan fingerprint density at radius 1 is 1.38 bits per heavy atom. The van der Waals surface area contributed by atoms with Gasteiger partial charge in [-0.2, -0.15) is 5.48 Å². The van der Waals surface area contributed by atoms with E-state index in [-0.39, 0.29) is 29.6 Å². The van der Waals surface area contributed by atoms with E-state index in [1.165, 1.54) is 0 Å². The summed E-state index contributed by atoms with van der Waals surface area (Å²) in [5.41, 5.74) is 2.78. The van der Waals surface area contributed by atoms with Crippen molar-refractivity contribution in [2.75, 3.05) is 26.2 Å². The molecule has 24 heavy (non-hydrogen) atoms. The van der Waals surface area contributed by atoms with Crippen molar-refractivity contribution in [2.24, 2.45) is 5.92 Å². The van der Waals surface area contributed by atoms with E-state index in [1.54, 1.807) is 0 Å². The predicted molar refractivity (Wildman–Crippen MR) is 86.0 cm³/mol. The van der Waals surface area contributed by atoms with Crippen LogP contribution in [0.15, 0.2) is 0 Å². The first-order chi connectivity index (χ1) is 11.5. The molecule has 0 aromatic carbocycles. The molecule has 2 N–H and O–H groups in total. The highest BCUT2D eigenvalue weighted by Crippen LogP contribution is 2.37. The van der Waals surface area contributed by atoms with Crippen LogP contribution in [0.2, 0.25) is 0 Å². The maximum absolute atomic E-state index is 13.7. The molecule has 4 fully saturated rings. The van der Waals surface area contributed by atoms with Crippen molar-refractivity contribution < 1.29 is 18.8 Å². The summed E-state index contributed by atoms with van der Waals surface area (Å²) in [5, 5.41) is 3.02. The molecule has 1 amide bonds. The summed E-state index contributed by atoms with van der Waals surface area (Å²) in [6.45, 7) is 5.33. The van der Waals surface area contributed by atoms with Crippen molar-refractivity contribution in [3.05, 3.63) is 0 Å². The standard InChI is InChI=1S/C17H28FN3O3/c1-11-6-13(20-24-11)8-21-5-4-17(10-21)9-19-16(22)14-7-12(18)2-3-15(14)23-17/h11-15,20H,2-10H2,1H3,(H,19,22)/t11?,12?,13?,14?,15?,17-/m1/s1. The molecular formula is C17H28FN3O3. The van der Waals surface area contributed by atoms with Gasteiger partial charge in [0.05, 0.1) is 23.7 Å². The fourth-order valence-electron chi connectivity index (χ4n) is 4.71. The number of fused-ring (bicyclic) bond motifs is 1. The minimum atomic E-state index is -0.870. The number of likely N-dealkylation sites (tertiary alicyclic amines) is 1. The molecule has 136 valence electrons. The summed E-state index contributed by atoms with van der Waals surface area (Å²) in [6, 6.07) is 0.352. The summed E-state index contributed by atoms with van der Waals surface area (Å²) in [6.07, 6.45) is 2.65. The van der Waals surface area contributed by atoms with Crippen LogP contribution in [0.4, 0.5) is 4.39 Å². The van der Waals surface area contributed by atoms with Crippen molar-refractivity contribution >= 4 is 5.91 Å². The maximum Gasteiger partial charge on any atom is 0.225 e. The monoisotopic (exact) mass is 341 g/mol. The van der Waals surface area contributed by atoms with Gasteiger partial charge in [0.15, 0.2) is 0 Å². The van der Waals surface area contributed by atoms with Crippen LogP contribution in [0.5, 0.6) is 0 Å². The van der Waals surface area contributed by atoms with Crippen LogP contribution in [-0.2, 0) is 14.4 Å². The lowest BCUT2D eigenvalue weighted by atomic mass is 9.84. The van der Waals surface area contributed by atoms with Crippen LogP contribution in [-0.4, -0.2) is 67.0 Å². The predicted octanol–water partition coefficient (Wildman–Crippen LogP) is 0.766. The quantitative estimate of drug-likeness (QED) is 0.777. The molecule has 1 saturated carbocycles. The molecule has 0 aromatic heterocycles. The Morgan fingerprint density at radius 3 is 3.04 bits per heavy atom. The highest BCUT2D eigenvalue weighted by Gasteiger charge is 2.48. The van der Waals surface area contributed by atoms with Gasteiger partial charge in [0.1, 0.15) is 6.17 Å². The van der Waals surface area contributed by atoms with E-state index in [0.717, 1.165) is 32.5 Å². The molecule has 6 nitrogen and oxygen atoms in total. The molecule has 3 aliphatic heterocycles. The fraction of sp³-hybridized carbons (Fsp3) is 0.941. The molecule has 0 radical (unpaired) electrons. The van der Waals surface area contributed by atoms with Gasteiger partial charge in [0, 0.05) is 32.2 Å². The Hall–Kier alpha value is -0.760. The second kappa shape index (κ2) is 6.52. The molecule has 5 unspecified atom stereocenters. The molecule has 1 spiro atoms. The number of hydrogen-bond donors (Lipinski definition) is 2. The number of hydroxylamine groups is 1. The number of carbonyl (C=O) groups is 1. The number of rotatable bonds is 2. The lowest BCUT2D eigenvalue weighted by molar-refractivity contribution is -0.136. The minimum Gasteiger partial charge on any atom is -0.368 e. The second-order valence-corrected chi connectivity index (χ2v) is 8.04. The molecule has 6 atom stereocenters. The molecule has 3 saturated heterocycles. The highest BCUT2D eigenvalue weighted by atomic mass is 19.1. The first-order valence-electron chi connectivity index (χ1n) is 9.26. The van der Waals surface area contributed by atoms with Gasteiger partial charge in [0.2, 0.25) is 5.91 Å². The maximum atomic E-state index is 13.7. The third-order valence-electron chi connectivity index (χ3n) is 5.97.